The lowest BCUT2D eigenvalue weighted by atomic mass is 10.0. The number of nitrogens with zero attached hydrogens (tertiary/aromatic N) is 1. The first-order valence-electron chi connectivity index (χ1n) is 6.58. The van der Waals surface area contributed by atoms with E-state index in [9.17, 15) is 0 Å². The molecule has 0 bridgehead atoms. The van der Waals surface area contributed by atoms with E-state index in [1.165, 1.54) is 20.6 Å². The van der Waals surface area contributed by atoms with Crippen molar-refractivity contribution in [3.63, 3.8) is 0 Å². The molecule has 0 spiro atoms. The molecule has 2 aromatic rings. The van der Waals surface area contributed by atoms with Gasteiger partial charge in [0.15, 0.2) is 0 Å². The Balaban J connectivity index is 2.18. The molecule has 0 saturated heterocycles. The van der Waals surface area contributed by atoms with E-state index < -0.39 is 0 Å². The molecule has 0 saturated carbocycles. The van der Waals surface area contributed by atoms with Gasteiger partial charge >= 0.3 is 0 Å². The maximum atomic E-state index is 4.56. The van der Waals surface area contributed by atoms with E-state index in [1.807, 2.05) is 12.3 Å². The highest BCUT2D eigenvalue weighted by Gasteiger charge is 2.15. The van der Waals surface area contributed by atoms with Crippen molar-refractivity contribution in [1.29, 1.82) is 0 Å². The summed E-state index contributed by atoms with van der Waals surface area (Å²) in [6.45, 7) is 5.34. The van der Waals surface area contributed by atoms with Crippen LogP contribution in [-0.4, -0.2) is 11.5 Å². The molecule has 1 atom stereocenters. The molecule has 0 aliphatic carbocycles. The molecule has 4 heteroatoms. The largest absolute Gasteiger partial charge is 0.308 e. The molecule has 2 aromatic heterocycles. The molecule has 1 unspecified atom stereocenters. The van der Waals surface area contributed by atoms with Gasteiger partial charge in [0.25, 0.3) is 0 Å². The third-order valence-electron chi connectivity index (χ3n) is 3.05. The number of thiophene rings is 1. The van der Waals surface area contributed by atoms with Gasteiger partial charge in [0.05, 0.1) is 11.7 Å². The Bertz CT molecular complexity index is 524. The minimum Gasteiger partial charge on any atom is -0.308 e. The summed E-state index contributed by atoms with van der Waals surface area (Å²) < 4.78 is 1.17. The first kappa shape index (κ1) is 14.7. The lowest BCUT2D eigenvalue weighted by molar-refractivity contribution is 0.518. The zero-order chi connectivity index (χ0) is 13.7. The third-order valence-corrected chi connectivity index (χ3v) is 4.77. The molecule has 1 N–H and O–H groups in total. The molecule has 2 heterocycles. The van der Waals surface area contributed by atoms with E-state index >= 15 is 0 Å². The van der Waals surface area contributed by atoms with Gasteiger partial charge in [-0.15, -0.1) is 11.3 Å². The van der Waals surface area contributed by atoms with Crippen LogP contribution >= 0.6 is 27.3 Å². The highest BCUT2D eigenvalue weighted by molar-refractivity contribution is 9.10. The predicted molar refractivity (Wildman–Crippen MR) is 85.7 cm³/mol. The Kier molecular flexibility index (Phi) is 5.55. The maximum absolute atomic E-state index is 4.56. The van der Waals surface area contributed by atoms with E-state index in [2.05, 4.69) is 57.6 Å². The molecule has 0 amide bonds. The average Bonchev–Trinajstić information content (AvgIpc) is 2.81. The summed E-state index contributed by atoms with van der Waals surface area (Å²) >= 11 is 5.32. The minimum absolute atomic E-state index is 0.298. The van der Waals surface area contributed by atoms with Crippen molar-refractivity contribution < 1.29 is 0 Å². The number of rotatable bonds is 6. The van der Waals surface area contributed by atoms with Crippen molar-refractivity contribution in [3.05, 3.63) is 50.4 Å². The van der Waals surface area contributed by atoms with E-state index in [0.29, 0.717) is 6.04 Å². The SMILES string of the molecule is CCCNC(Cc1cc(Br)cs1)c1ncccc1C. The monoisotopic (exact) mass is 338 g/mol. The highest BCUT2D eigenvalue weighted by atomic mass is 79.9. The van der Waals surface area contributed by atoms with Crippen molar-refractivity contribution in [3.8, 4) is 0 Å². The van der Waals surface area contributed by atoms with Crippen molar-refractivity contribution in [2.75, 3.05) is 6.54 Å². The van der Waals surface area contributed by atoms with Gasteiger partial charge in [-0.3, -0.25) is 4.98 Å². The first-order chi connectivity index (χ1) is 9.20. The van der Waals surface area contributed by atoms with Crippen LogP contribution < -0.4 is 5.32 Å². The van der Waals surface area contributed by atoms with Gasteiger partial charge in [0.1, 0.15) is 0 Å². The van der Waals surface area contributed by atoms with Gasteiger partial charge in [0.2, 0.25) is 0 Å². The van der Waals surface area contributed by atoms with Gasteiger partial charge in [-0.1, -0.05) is 13.0 Å². The van der Waals surface area contributed by atoms with Gasteiger partial charge in [-0.25, -0.2) is 0 Å². The molecule has 19 heavy (non-hydrogen) atoms. The van der Waals surface area contributed by atoms with Crippen molar-refractivity contribution >= 4 is 27.3 Å². The second-order valence-corrected chi connectivity index (χ2v) is 6.56. The molecule has 0 radical (unpaired) electrons. The van der Waals surface area contributed by atoms with Crippen LogP contribution in [0.5, 0.6) is 0 Å². The van der Waals surface area contributed by atoms with E-state index in [4.69, 9.17) is 0 Å². The average molecular weight is 339 g/mol. The van der Waals surface area contributed by atoms with Crippen LogP contribution in [0.25, 0.3) is 0 Å². The van der Waals surface area contributed by atoms with Gasteiger partial charge in [-0.2, -0.15) is 0 Å². The summed E-state index contributed by atoms with van der Waals surface area (Å²) in [5.74, 6) is 0. The van der Waals surface area contributed by atoms with Crippen LogP contribution in [0.15, 0.2) is 34.2 Å². The quantitative estimate of drug-likeness (QED) is 0.838. The molecule has 2 rings (SSSR count). The van der Waals surface area contributed by atoms with E-state index in [1.54, 1.807) is 11.3 Å². The number of aromatic nitrogens is 1. The minimum atomic E-state index is 0.298. The van der Waals surface area contributed by atoms with Gasteiger partial charge in [-0.05, 0) is 53.5 Å². The topological polar surface area (TPSA) is 24.9 Å². The molecule has 0 aliphatic rings. The van der Waals surface area contributed by atoms with Crippen molar-refractivity contribution in [1.82, 2.24) is 10.3 Å². The third kappa shape index (κ3) is 4.13. The zero-order valence-electron chi connectivity index (χ0n) is 11.3. The fourth-order valence-corrected chi connectivity index (χ4v) is 3.61. The summed E-state index contributed by atoms with van der Waals surface area (Å²) in [7, 11) is 0. The van der Waals surface area contributed by atoms with Crippen LogP contribution in [-0.2, 0) is 6.42 Å². The van der Waals surface area contributed by atoms with Crippen LogP contribution in [0.3, 0.4) is 0 Å². The lowest BCUT2D eigenvalue weighted by Crippen LogP contribution is -2.25. The van der Waals surface area contributed by atoms with E-state index in [-0.39, 0.29) is 0 Å². The maximum Gasteiger partial charge on any atom is 0.0605 e. The Morgan fingerprint density at radius 3 is 2.95 bits per heavy atom. The summed E-state index contributed by atoms with van der Waals surface area (Å²) in [6.07, 6.45) is 4.01. The van der Waals surface area contributed by atoms with Crippen molar-refractivity contribution in [2.45, 2.75) is 32.7 Å². The Labute approximate surface area is 127 Å². The lowest BCUT2D eigenvalue weighted by Gasteiger charge is -2.19. The fourth-order valence-electron chi connectivity index (χ4n) is 2.11. The number of pyridine rings is 1. The molecule has 0 aliphatic heterocycles. The molecule has 2 nitrogen and oxygen atoms in total. The number of hydrogen-bond donors (Lipinski definition) is 1. The predicted octanol–water partition coefficient (Wildman–Crippen LogP) is 4.50. The summed E-state index contributed by atoms with van der Waals surface area (Å²) in [5, 5.41) is 5.75. The highest BCUT2D eigenvalue weighted by Crippen LogP contribution is 2.26. The fraction of sp³-hybridized carbons (Fsp3) is 0.400. The van der Waals surface area contributed by atoms with Crippen LogP contribution in [0.1, 0.15) is 35.5 Å². The van der Waals surface area contributed by atoms with Gasteiger partial charge < -0.3 is 5.32 Å². The summed E-state index contributed by atoms with van der Waals surface area (Å²) in [6, 6.07) is 6.63. The van der Waals surface area contributed by atoms with Gasteiger partial charge in [0, 0.05) is 27.3 Å². The van der Waals surface area contributed by atoms with Crippen LogP contribution in [0, 0.1) is 6.92 Å². The molecule has 0 aromatic carbocycles. The Morgan fingerprint density at radius 1 is 1.47 bits per heavy atom. The Hall–Kier alpha value is -0.710. The molecular weight excluding hydrogens is 320 g/mol. The summed E-state index contributed by atoms with van der Waals surface area (Å²) in [4.78, 5) is 5.95. The molecule has 102 valence electrons. The second kappa shape index (κ2) is 7.17. The molecular formula is C15H19BrN2S. The summed E-state index contributed by atoms with van der Waals surface area (Å²) in [5.41, 5.74) is 2.42. The van der Waals surface area contributed by atoms with Crippen molar-refractivity contribution in [2.24, 2.45) is 0 Å². The number of nitrogens with one attached hydrogen (secondary N) is 1. The zero-order valence-corrected chi connectivity index (χ0v) is 13.7. The number of hydrogen-bond acceptors (Lipinski definition) is 3. The first-order valence-corrected chi connectivity index (χ1v) is 8.25. The second-order valence-electron chi connectivity index (χ2n) is 4.65. The number of aryl methyl sites for hydroxylation is 1. The molecule has 0 fully saturated rings. The number of halogens is 1. The van der Waals surface area contributed by atoms with Crippen LogP contribution in [0.4, 0.5) is 0 Å². The standard InChI is InChI=1S/C15H19BrN2S/c1-3-6-17-14(9-13-8-12(16)10-19-13)15-11(2)5-4-7-18-15/h4-5,7-8,10,14,17H,3,6,9H2,1-2H3. The normalized spacial score (nSPS) is 12.6. The van der Waals surface area contributed by atoms with Crippen LogP contribution in [0.2, 0.25) is 0 Å². The van der Waals surface area contributed by atoms with E-state index in [0.717, 1.165) is 19.4 Å². The Morgan fingerprint density at radius 2 is 2.32 bits per heavy atom. The smallest absolute Gasteiger partial charge is 0.0605 e.